The molecule has 6 heteroatoms. The molecule has 0 aliphatic carbocycles. The number of ether oxygens (including phenoxy) is 2. The summed E-state index contributed by atoms with van der Waals surface area (Å²) in [5.41, 5.74) is 3.21. The molecule has 140 valence electrons. The number of aromatic nitrogens is 2. The van der Waals surface area contributed by atoms with Crippen LogP contribution in [0.15, 0.2) is 55.0 Å². The van der Waals surface area contributed by atoms with Gasteiger partial charge in [0.2, 0.25) is 0 Å². The highest BCUT2D eigenvalue weighted by atomic mass is 16.5. The second-order valence-corrected chi connectivity index (χ2v) is 5.99. The highest BCUT2D eigenvalue weighted by molar-refractivity contribution is 5.93. The Bertz CT molecular complexity index is 894. The van der Waals surface area contributed by atoms with Gasteiger partial charge in [-0.1, -0.05) is 25.1 Å². The van der Waals surface area contributed by atoms with Crippen LogP contribution in [-0.2, 0) is 0 Å². The van der Waals surface area contributed by atoms with E-state index in [9.17, 15) is 4.79 Å². The predicted octanol–water partition coefficient (Wildman–Crippen LogP) is 3.70. The molecule has 0 spiro atoms. The van der Waals surface area contributed by atoms with Crippen molar-refractivity contribution in [3.8, 4) is 28.3 Å². The van der Waals surface area contributed by atoms with Crippen molar-refractivity contribution in [1.82, 2.24) is 14.9 Å². The van der Waals surface area contributed by atoms with Crippen molar-refractivity contribution in [2.45, 2.75) is 13.3 Å². The van der Waals surface area contributed by atoms with Crippen molar-refractivity contribution < 1.29 is 14.3 Å². The van der Waals surface area contributed by atoms with E-state index in [1.54, 1.807) is 31.3 Å². The zero-order valence-corrected chi connectivity index (χ0v) is 15.7. The molecule has 0 aliphatic rings. The minimum absolute atomic E-state index is 0.134. The summed E-state index contributed by atoms with van der Waals surface area (Å²) in [5, 5.41) is 2.88. The summed E-state index contributed by atoms with van der Waals surface area (Å²) in [6, 6.07) is 13.5. The number of imidazole rings is 1. The van der Waals surface area contributed by atoms with Crippen LogP contribution < -0.4 is 14.8 Å². The summed E-state index contributed by atoms with van der Waals surface area (Å²) in [6.07, 6.45) is 4.09. The molecule has 3 aromatic rings. The summed E-state index contributed by atoms with van der Waals surface area (Å²) in [5.74, 6) is 1.35. The van der Waals surface area contributed by atoms with E-state index < -0.39 is 0 Å². The van der Waals surface area contributed by atoms with Gasteiger partial charge in [-0.05, 0) is 36.2 Å². The smallest absolute Gasteiger partial charge is 0.269 e. The van der Waals surface area contributed by atoms with E-state index in [-0.39, 0.29) is 5.91 Å². The number of hydrogen-bond acceptors (Lipinski definition) is 4. The molecule has 0 unspecified atom stereocenters. The molecule has 1 heterocycles. The van der Waals surface area contributed by atoms with Crippen LogP contribution in [0.25, 0.3) is 16.8 Å². The maximum Gasteiger partial charge on any atom is 0.269 e. The number of nitrogens with one attached hydrogen (secondary N) is 1. The number of rotatable bonds is 7. The molecule has 1 amide bonds. The van der Waals surface area contributed by atoms with Gasteiger partial charge in [0, 0.05) is 12.2 Å². The highest BCUT2D eigenvalue weighted by Gasteiger charge is 2.15. The fourth-order valence-electron chi connectivity index (χ4n) is 2.92. The summed E-state index contributed by atoms with van der Waals surface area (Å²) in [6.45, 7) is 2.65. The first-order valence-electron chi connectivity index (χ1n) is 8.82. The van der Waals surface area contributed by atoms with Gasteiger partial charge in [-0.2, -0.15) is 0 Å². The SMILES string of the molecule is CCCNC(=O)c1cncn1-c1ccc(-c2c(OC)cccc2OC)cc1. The maximum atomic E-state index is 12.3. The Labute approximate surface area is 158 Å². The summed E-state index contributed by atoms with van der Waals surface area (Å²) >= 11 is 0. The second kappa shape index (κ2) is 8.40. The lowest BCUT2D eigenvalue weighted by Crippen LogP contribution is -2.26. The Hall–Kier alpha value is -3.28. The Balaban J connectivity index is 1.94. The summed E-state index contributed by atoms with van der Waals surface area (Å²) in [7, 11) is 3.28. The molecule has 27 heavy (non-hydrogen) atoms. The van der Waals surface area contributed by atoms with Gasteiger partial charge in [0.15, 0.2) is 0 Å². The van der Waals surface area contributed by atoms with E-state index in [2.05, 4.69) is 10.3 Å². The van der Waals surface area contributed by atoms with Crippen molar-refractivity contribution in [3.63, 3.8) is 0 Å². The molecule has 0 fully saturated rings. The van der Waals surface area contributed by atoms with Crippen LogP contribution in [0.3, 0.4) is 0 Å². The third-order valence-electron chi connectivity index (χ3n) is 4.27. The van der Waals surface area contributed by atoms with Gasteiger partial charge < -0.3 is 14.8 Å². The molecule has 2 aromatic carbocycles. The lowest BCUT2D eigenvalue weighted by Gasteiger charge is -2.14. The van der Waals surface area contributed by atoms with Gasteiger partial charge in [0.25, 0.3) is 5.91 Å². The molecule has 0 radical (unpaired) electrons. The zero-order valence-electron chi connectivity index (χ0n) is 15.7. The molecule has 0 bridgehead atoms. The van der Waals surface area contributed by atoms with Crippen LogP contribution in [-0.4, -0.2) is 36.2 Å². The Morgan fingerprint density at radius 1 is 1.07 bits per heavy atom. The third-order valence-corrected chi connectivity index (χ3v) is 4.27. The van der Waals surface area contributed by atoms with Gasteiger partial charge in [-0.3, -0.25) is 9.36 Å². The van der Waals surface area contributed by atoms with Crippen molar-refractivity contribution >= 4 is 5.91 Å². The number of hydrogen-bond donors (Lipinski definition) is 1. The molecule has 0 saturated heterocycles. The fourth-order valence-corrected chi connectivity index (χ4v) is 2.92. The first kappa shape index (κ1) is 18.5. The van der Waals surface area contributed by atoms with Gasteiger partial charge in [0.05, 0.1) is 32.3 Å². The Kier molecular flexibility index (Phi) is 5.76. The molecular formula is C21H23N3O3. The monoisotopic (exact) mass is 365 g/mol. The van der Waals surface area contributed by atoms with Crippen molar-refractivity contribution in [2.24, 2.45) is 0 Å². The Morgan fingerprint density at radius 3 is 2.33 bits per heavy atom. The van der Waals surface area contributed by atoms with E-state index in [0.29, 0.717) is 12.2 Å². The summed E-state index contributed by atoms with van der Waals surface area (Å²) < 4.78 is 12.7. The van der Waals surface area contributed by atoms with Gasteiger partial charge in [-0.15, -0.1) is 0 Å². The van der Waals surface area contributed by atoms with Crippen LogP contribution >= 0.6 is 0 Å². The van der Waals surface area contributed by atoms with E-state index >= 15 is 0 Å². The summed E-state index contributed by atoms with van der Waals surface area (Å²) in [4.78, 5) is 16.4. The lowest BCUT2D eigenvalue weighted by molar-refractivity contribution is 0.0947. The molecular weight excluding hydrogens is 342 g/mol. The van der Waals surface area contributed by atoms with Crippen LogP contribution in [0.4, 0.5) is 0 Å². The molecule has 1 N–H and O–H groups in total. The number of nitrogens with zero attached hydrogens (tertiary/aromatic N) is 2. The standard InChI is InChI=1S/C21H23N3O3/c1-4-12-23-21(25)17-13-22-14-24(17)16-10-8-15(9-11-16)20-18(26-2)6-5-7-19(20)27-3/h5-11,13-14H,4,12H2,1-3H3,(H,23,25). The zero-order chi connectivity index (χ0) is 19.2. The number of carbonyl (C=O) groups is 1. The van der Waals surface area contributed by atoms with Gasteiger partial charge in [0.1, 0.15) is 17.2 Å². The normalized spacial score (nSPS) is 10.5. The third kappa shape index (κ3) is 3.79. The first-order valence-corrected chi connectivity index (χ1v) is 8.82. The molecule has 3 rings (SSSR count). The van der Waals surface area contributed by atoms with Crippen LogP contribution in [0.5, 0.6) is 11.5 Å². The molecule has 6 nitrogen and oxygen atoms in total. The van der Waals surface area contributed by atoms with Crippen LogP contribution in [0, 0.1) is 0 Å². The van der Waals surface area contributed by atoms with E-state index in [4.69, 9.17) is 9.47 Å². The predicted molar refractivity (Wildman–Crippen MR) is 105 cm³/mol. The fraction of sp³-hybridized carbons (Fsp3) is 0.238. The van der Waals surface area contributed by atoms with Crippen LogP contribution in [0.1, 0.15) is 23.8 Å². The molecule has 0 saturated carbocycles. The molecule has 0 aliphatic heterocycles. The van der Waals surface area contributed by atoms with E-state index in [1.807, 2.05) is 49.4 Å². The average Bonchev–Trinajstić information content (AvgIpc) is 3.21. The van der Waals surface area contributed by atoms with Gasteiger partial charge >= 0.3 is 0 Å². The van der Waals surface area contributed by atoms with Crippen molar-refractivity contribution in [2.75, 3.05) is 20.8 Å². The highest BCUT2D eigenvalue weighted by Crippen LogP contribution is 2.38. The minimum atomic E-state index is -0.134. The topological polar surface area (TPSA) is 65.4 Å². The number of methoxy groups -OCH3 is 2. The molecule has 0 atom stereocenters. The average molecular weight is 365 g/mol. The van der Waals surface area contributed by atoms with E-state index in [1.165, 1.54) is 0 Å². The largest absolute Gasteiger partial charge is 0.496 e. The number of carbonyl (C=O) groups excluding carboxylic acids is 1. The van der Waals surface area contributed by atoms with Crippen molar-refractivity contribution in [1.29, 1.82) is 0 Å². The molecule has 1 aromatic heterocycles. The Morgan fingerprint density at radius 2 is 1.74 bits per heavy atom. The van der Waals surface area contributed by atoms with Crippen molar-refractivity contribution in [3.05, 3.63) is 60.7 Å². The van der Waals surface area contributed by atoms with Crippen LogP contribution in [0.2, 0.25) is 0 Å². The quantitative estimate of drug-likeness (QED) is 0.693. The number of benzene rings is 2. The second-order valence-electron chi connectivity index (χ2n) is 5.99. The lowest BCUT2D eigenvalue weighted by atomic mass is 10.0. The minimum Gasteiger partial charge on any atom is -0.496 e. The maximum absolute atomic E-state index is 12.3. The number of amides is 1. The van der Waals surface area contributed by atoms with E-state index in [0.717, 1.165) is 34.7 Å². The first-order chi connectivity index (χ1) is 13.2. The van der Waals surface area contributed by atoms with Gasteiger partial charge in [-0.25, -0.2) is 4.98 Å².